The van der Waals surface area contributed by atoms with Gasteiger partial charge in [-0.3, -0.25) is 4.40 Å². The van der Waals surface area contributed by atoms with Crippen LogP contribution in [0.4, 0.5) is 24.7 Å². The molecule has 0 radical (unpaired) electrons. The molecule has 0 amide bonds. The van der Waals surface area contributed by atoms with Gasteiger partial charge in [0.2, 0.25) is 6.43 Å². The molecule has 0 saturated heterocycles. The summed E-state index contributed by atoms with van der Waals surface area (Å²) in [6, 6.07) is 9.94. The Labute approximate surface area is 182 Å². The van der Waals surface area contributed by atoms with Gasteiger partial charge in [-0.15, -0.1) is 10.2 Å². The summed E-state index contributed by atoms with van der Waals surface area (Å²) in [5.74, 6) is 0.494. The zero-order valence-corrected chi connectivity index (χ0v) is 18.0. The molecular weight excluding hydrogens is 427 g/mol. The summed E-state index contributed by atoms with van der Waals surface area (Å²) < 4.78 is 42.5. The van der Waals surface area contributed by atoms with Crippen LogP contribution in [0.5, 0.6) is 0 Å². The van der Waals surface area contributed by atoms with Gasteiger partial charge in [0.05, 0.1) is 5.52 Å². The van der Waals surface area contributed by atoms with Crippen LogP contribution < -0.4 is 4.90 Å². The summed E-state index contributed by atoms with van der Waals surface area (Å²) in [4.78, 5) is 6.33. The van der Waals surface area contributed by atoms with E-state index < -0.39 is 17.7 Å². The molecule has 0 fully saturated rings. The minimum Gasteiger partial charge on any atom is -0.329 e. The molecule has 0 unspecified atom stereocenters. The number of hydrogen-bond donors (Lipinski definition) is 0. The number of alkyl halides is 2. The largest absolute Gasteiger partial charge is 0.329 e. The highest BCUT2D eigenvalue weighted by atomic mass is 35.5. The van der Waals surface area contributed by atoms with Crippen LogP contribution >= 0.6 is 11.6 Å². The third-order valence-electron chi connectivity index (χ3n) is 5.49. The lowest BCUT2D eigenvalue weighted by Crippen LogP contribution is -2.22. The van der Waals surface area contributed by atoms with Crippen molar-refractivity contribution in [3.8, 4) is 0 Å². The number of hydrogen-bond acceptors (Lipinski definition) is 4. The smallest absolute Gasteiger partial charge is 0.257 e. The molecule has 0 aliphatic rings. The Morgan fingerprint density at radius 3 is 2.68 bits per heavy atom. The predicted molar refractivity (Wildman–Crippen MR) is 116 cm³/mol. The molecule has 2 heterocycles. The molecule has 4 aromatic rings. The minimum atomic E-state index is -2.44. The molecule has 0 atom stereocenters. The second-order valence-electron chi connectivity index (χ2n) is 8.26. The molecule has 0 aliphatic carbocycles. The Kier molecular flexibility index (Phi) is 5.51. The second kappa shape index (κ2) is 8.00. The molecule has 4 rings (SSSR count). The van der Waals surface area contributed by atoms with E-state index in [4.69, 9.17) is 11.6 Å². The molecule has 162 valence electrons. The van der Waals surface area contributed by atoms with E-state index in [-0.39, 0.29) is 6.42 Å². The number of rotatable bonds is 6. The minimum absolute atomic E-state index is 0.239. The summed E-state index contributed by atoms with van der Waals surface area (Å²) in [5, 5.41) is 9.28. The monoisotopic (exact) mass is 447 g/mol. The fraction of sp³-hybridized carbons (Fsp3) is 0.318. The average molecular weight is 448 g/mol. The van der Waals surface area contributed by atoms with E-state index in [0.717, 1.165) is 10.9 Å². The number of nitrogens with zero attached hydrogens (tertiary/aromatic N) is 5. The van der Waals surface area contributed by atoms with Crippen LogP contribution in [0, 0.1) is 11.2 Å². The number of benzene rings is 2. The van der Waals surface area contributed by atoms with E-state index >= 15 is 0 Å². The summed E-state index contributed by atoms with van der Waals surface area (Å²) in [6.07, 6.45) is -0.318. The van der Waals surface area contributed by atoms with Gasteiger partial charge in [-0.25, -0.2) is 13.2 Å². The maximum atomic E-state index is 14.4. The van der Waals surface area contributed by atoms with Gasteiger partial charge in [-0.2, -0.15) is 4.98 Å². The highest BCUT2D eigenvalue weighted by Crippen LogP contribution is 2.34. The number of halogens is 4. The molecule has 0 bridgehead atoms. The summed E-state index contributed by atoms with van der Waals surface area (Å²) in [5.41, 5.74) is 0.817. The van der Waals surface area contributed by atoms with Crippen LogP contribution in [-0.4, -0.2) is 33.1 Å². The Balaban J connectivity index is 1.75. The maximum Gasteiger partial charge on any atom is 0.257 e. The van der Waals surface area contributed by atoms with Gasteiger partial charge >= 0.3 is 0 Å². The van der Waals surface area contributed by atoms with E-state index in [9.17, 15) is 13.2 Å². The first-order valence-electron chi connectivity index (χ1n) is 9.76. The van der Waals surface area contributed by atoms with E-state index in [1.54, 1.807) is 40.9 Å². The van der Waals surface area contributed by atoms with Crippen molar-refractivity contribution >= 4 is 39.8 Å². The first-order chi connectivity index (χ1) is 14.7. The van der Waals surface area contributed by atoms with Gasteiger partial charge in [0.1, 0.15) is 18.0 Å². The second-order valence-corrected chi connectivity index (χ2v) is 8.70. The van der Waals surface area contributed by atoms with Crippen molar-refractivity contribution in [2.75, 3.05) is 11.9 Å². The topological polar surface area (TPSA) is 46.3 Å². The molecule has 0 N–H and O–H groups in total. The average Bonchev–Trinajstić information content (AvgIpc) is 3.19. The van der Waals surface area contributed by atoms with E-state index in [2.05, 4.69) is 15.2 Å². The van der Waals surface area contributed by atoms with Crippen LogP contribution in [0.25, 0.3) is 16.7 Å². The molecule has 2 aromatic carbocycles. The highest BCUT2D eigenvalue weighted by molar-refractivity contribution is 6.31. The van der Waals surface area contributed by atoms with E-state index in [1.807, 2.05) is 6.07 Å². The highest BCUT2D eigenvalue weighted by Gasteiger charge is 2.29. The molecule has 0 aliphatic heterocycles. The van der Waals surface area contributed by atoms with Crippen LogP contribution in [0.1, 0.15) is 25.8 Å². The van der Waals surface area contributed by atoms with Crippen molar-refractivity contribution in [3.63, 3.8) is 0 Å². The standard InChI is InChI=1S/C22H21ClF3N5/c1-22(2,20(25)26)7-6-13-8-15(24)11-16(9-13)30(3)19-17-5-4-14(23)10-18(17)31-12-27-29-21(31)28-19/h4-5,8-12,20H,6-7H2,1-3H3. The van der Waals surface area contributed by atoms with Gasteiger partial charge in [0, 0.05) is 28.6 Å². The molecule has 2 aromatic heterocycles. The van der Waals surface area contributed by atoms with E-state index in [1.165, 1.54) is 26.0 Å². The first-order valence-corrected chi connectivity index (χ1v) is 10.1. The van der Waals surface area contributed by atoms with Gasteiger partial charge in [-0.05, 0) is 54.8 Å². The zero-order valence-electron chi connectivity index (χ0n) is 17.3. The molecular formula is C22H21ClF3N5. The summed E-state index contributed by atoms with van der Waals surface area (Å²) in [7, 11) is 1.77. The van der Waals surface area contributed by atoms with Crippen molar-refractivity contribution in [1.82, 2.24) is 19.6 Å². The summed E-state index contributed by atoms with van der Waals surface area (Å²) >= 11 is 6.18. The molecule has 0 spiro atoms. The van der Waals surface area contributed by atoms with Crippen molar-refractivity contribution in [2.45, 2.75) is 33.1 Å². The maximum absolute atomic E-state index is 14.4. The number of aromatic nitrogens is 4. The van der Waals surface area contributed by atoms with Gasteiger partial charge in [0.15, 0.2) is 0 Å². The molecule has 5 nitrogen and oxygen atoms in total. The van der Waals surface area contributed by atoms with E-state index in [0.29, 0.717) is 34.3 Å². The molecule has 31 heavy (non-hydrogen) atoms. The van der Waals surface area contributed by atoms with Crippen molar-refractivity contribution in [3.05, 3.63) is 59.1 Å². The van der Waals surface area contributed by atoms with Crippen LogP contribution in [0.2, 0.25) is 5.02 Å². The Bertz CT molecular complexity index is 1250. The fourth-order valence-corrected chi connectivity index (χ4v) is 3.61. The van der Waals surface area contributed by atoms with Gasteiger partial charge in [-0.1, -0.05) is 25.4 Å². The summed E-state index contributed by atoms with van der Waals surface area (Å²) in [6.45, 7) is 3.03. The van der Waals surface area contributed by atoms with Crippen LogP contribution in [-0.2, 0) is 6.42 Å². The quantitative estimate of drug-likeness (QED) is 0.360. The van der Waals surface area contributed by atoms with Gasteiger partial charge < -0.3 is 4.90 Å². The lowest BCUT2D eigenvalue weighted by Gasteiger charge is -2.24. The lowest BCUT2D eigenvalue weighted by molar-refractivity contribution is 0.0143. The first kappa shape index (κ1) is 21.4. The zero-order chi connectivity index (χ0) is 22.3. The third-order valence-corrected chi connectivity index (χ3v) is 5.73. The normalized spacial score (nSPS) is 12.3. The Morgan fingerprint density at radius 1 is 1.16 bits per heavy atom. The van der Waals surface area contributed by atoms with Crippen molar-refractivity contribution in [2.24, 2.45) is 5.41 Å². The lowest BCUT2D eigenvalue weighted by atomic mass is 9.86. The molecule has 0 saturated carbocycles. The molecule has 9 heteroatoms. The van der Waals surface area contributed by atoms with Gasteiger partial charge in [0.25, 0.3) is 5.78 Å². The Morgan fingerprint density at radius 2 is 1.94 bits per heavy atom. The number of fused-ring (bicyclic) bond motifs is 3. The number of anilines is 2. The fourth-order valence-electron chi connectivity index (χ4n) is 3.45. The van der Waals surface area contributed by atoms with Crippen molar-refractivity contribution < 1.29 is 13.2 Å². The Hall–Kier alpha value is -2.87. The van der Waals surface area contributed by atoms with Crippen LogP contribution in [0.3, 0.4) is 0 Å². The van der Waals surface area contributed by atoms with Crippen molar-refractivity contribution in [1.29, 1.82) is 0 Å². The SMILES string of the molecule is CN(c1cc(F)cc(CCC(C)(C)C(F)F)c1)c1nc2nncn2c2cc(Cl)ccc12. The third kappa shape index (κ3) is 4.17. The van der Waals surface area contributed by atoms with Crippen LogP contribution in [0.15, 0.2) is 42.7 Å². The number of aryl methyl sites for hydroxylation is 1. The predicted octanol–water partition coefficient (Wildman–Crippen LogP) is 6.06.